The standard InChI is InChI=1S/C62H120O17P2/c1-6-9-12-15-18-20-21-22-23-24-27-33-38-43-48-62(67)79-58(52-73-60(65)46-41-36-32-28-25-26-30-34-39-44-55(4)5)54-77-81(70,71)75-50-56(63)49-74-80(68,69)76-53-57(51-72-59(64)45-40-35-29-17-14-11-8-3)78-61(66)47-42-37-31-19-16-13-10-7-2/h55-58,63H,6-54H2,1-5H3,(H,68,69)(H,70,71)/t56-,57+,58+/m0/s1. The van der Waals surface area contributed by atoms with Gasteiger partial charge in [0.25, 0.3) is 0 Å². The van der Waals surface area contributed by atoms with Crippen LogP contribution in [0.15, 0.2) is 0 Å². The van der Waals surface area contributed by atoms with Gasteiger partial charge in [-0.15, -0.1) is 0 Å². The van der Waals surface area contributed by atoms with E-state index in [2.05, 4.69) is 34.6 Å². The fraction of sp³-hybridized carbons (Fsp3) is 0.935. The van der Waals surface area contributed by atoms with E-state index in [9.17, 15) is 43.2 Å². The number of unbranched alkanes of at least 4 members (excludes halogenated alkanes) is 34. The van der Waals surface area contributed by atoms with Gasteiger partial charge in [-0.25, -0.2) is 9.13 Å². The Balaban J connectivity index is 5.20. The van der Waals surface area contributed by atoms with Gasteiger partial charge < -0.3 is 33.8 Å². The highest BCUT2D eigenvalue weighted by molar-refractivity contribution is 7.47. The van der Waals surface area contributed by atoms with Crippen molar-refractivity contribution in [2.75, 3.05) is 39.6 Å². The second-order valence-electron chi connectivity index (χ2n) is 22.9. The summed E-state index contributed by atoms with van der Waals surface area (Å²) in [6.07, 6.45) is 39.1. The molecule has 0 saturated heterocycles. The van der Waals surface area contributed by atoms with Gasteiger partial charge in [0.05, 0.1) is 26.4 Å². The molecule has 0 heterocycles. The molecule has 19 heteroatoms. The van der Waals surface area contributed by atoms with Crippen LogP contribution in [0.2, 0.25) is 0 Å². The van der Waals surface area contributed by atoms with Crippen LogP contribution in [0.5, 0.6) is 0 Å². The van der Waals surface area contributed by atoms with E-state index in [1.807, 2.05) is 0 Å². The first-order valence-corrected chi connectivity index (χ1v) is 35.6. The summed E-state index contributed by atoms with van der Waals surface area (Å²) >= 11 is 0. The van der Waals surface area contributed by atoms with Crippen LogP contribution in [0.25, 0.3) is 0 Å². The molecule has 0 saturated carbocycles. The van der Waals surface area contributed by atoms with E-state index < -0.39 is 97.5 Å². The molecule has 0 rings (SSSR count). The minimum atomic E-state index is -4.94. The molecule has 0 aromatic rings. The number of hydrogen-bond donors (Lipinski definition) is 3. The molecule has 3 N–H and O–H groups in total. The Kier molecular flexibility index (Phi) is 54.6. The third-order valence-electron chi connectivity index (χ3n) is 14.3. The van der Waals surface area contributed by atoms with Gasteiger partial charge in [-0.2, -0.15) is 0 Å². The van der Waals surface area contributed by atoms with Crippen molar-refractivity contribution >= 4 is 39.5 Å². The first-order valence-electron chi connectivity index (χ1n) is 32.6. The molecule has 0 amide bonds. The van der Waals surface area contributed by atoms with E-state index in [4.69, 9.17) is 37.0 Å². The van der Waals surface area contributed by atoms with Crippen LogP contribution in [-0.4, -0.2) is 96.7 Å². The second kappa shape index (κ2) is 55.9. The van der Waals surface area contributed by atoms with Gasteiger partial charge in [-0.3, -0.25) is 37.3 Å². The Bertz CT molecular complexity index is 1580. The summed E-state index contributed by atoms with van der Waals surface area (Å²) < 4.78 is 67.8. The van der Waals surface area contributed by atoms with Crippen LogP contribution < -0.4 is 0 Å². The number of carbonyl (C=O) groups excluding carboxylic acids is 4. The highest BCUT2D eigenvalue weighted by Gasteiger charge is 2.30. The summed E-state index contributed by atoms with van der Waals surface area (Å²) in [5, 5.41) is 10.5. The third kappa shape index (κ3) is 56.9. The highest BCUT2D eigenvalue weighted by Crippen LogP contribution is 2.45. The molecule has 2 unspecified atom stereocenters. The van der Waals surface area contributed by atoms with E-state index in [0.717, 1.165) is 115 Å². The van der Waals surface area contributed by atoms with Crippen molar-refractivity contribution in [3.8, 4) is 0 Å². The van der Waals surface area contributed by atoms with Crippen molar-refractivity contribution in [2.24, 2.45) is 5.92 Å². The van der Waals surface area contributed by atoms with E-state index in [1.165, 1.54) is 116 Å². The number of ether oxygens (including phenoxy) is 4. The second-order valence-corrected chi connectivity index (χ2v) is 25.8. The molecule has 0 aliphatic heterocycles. The monoisotopic (exact) mass is 1200 g/mol. The fourth-order valence-electron chi connectivity index (χ4n) is 9.23. The average Bonchev–Trinajstić information content (AvgIpc) is 3.43. The summed E-state index contributed by atoms with van der Waals surface area (Å²) in [6.45, 7) is 7.10. The largest absolute Gasteiger partial charge is 0.472 e. The molecule has 17 nitrogen and oxygen atoms in total. The summed E-state index contributed by atoms with van der Waals surface area (Å²) in [5.41, 5.74) is 0. The first kappa shape index (κ1) is 79.1. The molecule has 0 aliphatic carbocycles. The van der Waals surface area contributed by atoms with Gasteiger partial charge in [0.1, 0.15) is 19.3 Å². The summed E-state index contributed by atoms with van der Waals surface area (Å²) in [6, 6.07) is 0. The molecular formula is C62H120O17P2. The number of rotatable bonds is 62. The lowest BCUT2D eigenvalue weighted by atomic mass is 10.0. The Morgan fingerprint density at radius 2 is 0.568 bits per heavy atom. The molecule has 0 bridgehead atoms. The van der Waals surface area contributed by atoms with Gasteiger partial charge in [0.15, 0.2) is 12.2 Å². The molecule has 0 aromatic carbocycles. The highest BCUT2D eigenvalue weighted by atomic mass is 31.2. The smallest absolute Gasteiger partial charge is 0.462 e. The molecule has 5 atom stereocenters. The Morgan fingerprint density at radius 1 is 0.333 bits per heavy atom. The quantitative estimate of drug-likeness (QED) is 0.0222. The summed E-state index contributed by atoms with van der Waals surface area (Å²) in [7, 11) is -9.87. The van der Waals surface area contributed by atoms with Crippen LogP contribution in [0.4, 0.5) is 0 Å². The number of aliphatic hydroxyl groups is 1. The van der Waals surface area contributed by atoms with Crippen LogP contribution in [0.1, 0.15) is 311 Å². The van der Waals surface area contributed by atoms with Crippen molar-refractivity contribution in [2.45, 2.75) is 329 Å². The van der Waals surface area contributed by atoms with Crippen LogP contribution >= 0.6 is 15.6 Å². The normalized spacial score (nSPS) is 14.3. The van der Waals surface area contributed by atoms with Crippen molar-refractivity contribution in [1.82, 2.24) is 0 Å². The predicted molar refractivity (Wildman–Crippen MR) is 322 cm³/mol. The molecule has 0 fully saturated rings. The molecule has 0 aliphatic rings. The predicted octanol–water partition coefficient (Wildman–Crippen LogP) is 17.0. The molecule has 0 spiro atoms. The number of aliphatic hydroxyl groups excluding tert-OH is 1. The zero-order chi connectivity index (χ0) is 59.9. The van der Waals surface area contributed by atoms with Crippen molar-refractivity contribution in [3.05, 3.63) is 0 Å². The lowest BCUT2D eigenvalue weighted by Gasteiger charge is -2.21. The average molecular weight is 1200 g/mol. The Hall–Kier alpha value is -1.94. The molecule has 0 aromatic heterocycles. The number of phosphoric acid groups is 2. The van der Waals surface area contributed by atoms with E-state index >= 15 is 0 Å². The van der Waals surface area contributed by atoms with E-state index in [0.29, 0.717) is 25.7 Å². The van der Waals surface area contributed by atoms with Crippen molar-refractivity contribution in [1.29, 1.82) is 0 Å². The molecular weight excluding hydrogens is 1080 g/mol. The van der Waals surface area contributed by atoms with Gasteiger partial charge in [0.2, 0.25) is 0 Å². The minimum Gasteiger partial charge on any atom is -0.462 e. The van der Waals surface area contributed by atoms with Gasteiger partial charge in [-0.05, 0) is 31.6 Å². The maximum absolute atomic E-state index is 13.0. The van der Waals surface area contributed by atoms with Gasteiger partial charge in [0, 0.05) is 25.7 Å². The van der Waals surface area contributed by atoms with Gasteiger partial charge >= 0.3 is 39.5 Å². The topological polar surface area (TPSA) is 237 Å². The van der Waals surface area contributed by atoms with E-state index in [1.54, 1.807) is 0 Å². The molecule has 480 valence electrons. The van der Waals surface area contributed by atoms with Crippen molar-refractivity contribution in [3.63, 3.8) is 0 Å². The first-order chi connectivity index (χ1) is 39.0. The Labute approximate surface area is 492 Å². The van der Waals surface area contributed by atoms with Crippen LogP contribution in [0.3, 0.4) is 0 Å². The number of carbonyl (C=O) groups is 4. The zero-order valence-electron chi connectivity index (χ0n) is 51.9. The van der Waals surface area contributed by atoms with E-state index in [-0.39, 0.29) is 25.7 Å². The summed E-state index contributed by atoms with van der Waals surface area (Å²) in [5.74, 6) is -1.40. The zero-order valence-corrected chi connectivity index (χ0v) is 53.7. The number of hydrogen-bond acceptors (Lipinski definition) is 15. The van der Waals surface area contributed by atoms with Crippen LogP contribution in [-0.2, 0) is 65.4 Å². The van der Waals surface area contributed by atoms with Crippen LogP contribution in [0, 0.1) is 5.92 Å². The fourth-order valence-corrected chi connectivity index (χ4v) is 10.8. The van der Waals surface area contributed by atoms with Crippen molar-refractivity contribution < 1.29 is 80.2 Å². The number of esters is 4. The lowest BCUT2D eigenvalue weighted by Crippen LogP contribution is -2.30. The maximum atomic E-state index is 13.0. The third-order valence-corrected chi connectivity index (χ3v) is 16.2. The Morgan fingerprint density at radius 3 is 0.840 bits per heavy atom. The molecule has 0 radical (unpaired) electrons. The SMILES string of the molecule is CCCCCCCCCCCCCCCCC(=O)O[C@H](COC(=O)CCCCCCCCCCCC(C)C)COP(=O)(O)OC[C@@H](O)COP(=O)(O)OC[C@@H](COC(=O)CCCCCCCCC)OC(=O)CCCCCCCCCC. The summed E-state index contributed by atoms with van der Waals surface area (Å²) in [4.78, 5) is 71.9. The van der Waals surface area contributed by atoms with Gasteiger partial charge in [-0.1, -0.05) is 259 Å². The molecule has 81 heavy (non-hydrogen) atoms. The lowest BCUT2D eigenvalue weighted by molar-refractivity contribution is -0.161. The minimum absolute atomic E-state index is 0.105. The number of phosphoric ester groups is 2. The maximum Gasteiger partial charge on any atom is 0.472 e.